The van der Waals surface area contributed by atoms with E-state index in [9.17, 15) is 10.1 Å². The van der Waals surface area contributed by atoms with Gasteiger partial charge in [0.25, 0.3) is 0 Å². The van der Waals surface area contributed by atoms with Gasteiger partial charge in [0.1, 0.15) is 0 Å². The minimum atomic E-state index is 0.342. The Morgan fingerprint density at radius 2 is 2.06 bits per heavy atom. The van der Waals surface area contributed by atoms with Gasteiger partial charge < -0.3 is 15.5 Å². The van der Waals surface area contributed by atoms with Crippen LogP contribution in [0.3, 0.4) is 0 Å². The third-order valence-electron chi connectivity index (χ3n) is 7.02. The third-order valence-corrected chi connectivity index (χ3v) is 7.02. The largest absolute Gasteiger partial charge is 0.390 e. The average molecular weight is 415 g/mol. The van der Waals surface area contributed by atoms with E-state index in [1.807, 2.05) is 24.4 Å². The fourth-order valence-electron chi connectivity index (χ4n) is 4.97. The van der Waals surface area contributed by atoms with Crippen molar-refractivity contribution in [3.8, 4) is 6.07 Å². The molecule has 31 heavy (non-hydrogen) atoms. The number of hydrogen-bond acceptors (Lipinski definition) is 4. The second-order valence-corrected chi connectivity index (χ2v) is 9.31. The zero-order valence-electron chi connectivity index (χ0n) is 17.9. The zero-order chi connectivity index (χ0) is 21.2. The molecule has 0 aromatic heterocycles. The van der Waals surface area contributed by atoms with E-state index in [0.29, 0.717) is 35.3 Å². The fraction of sp³-hybridized carbons (Fsp3) is 0.462. The zero-order valence-corrected chi connectivity index (χ0v) is 17.9. The highest BCUT2D eigenvalue weighted by molar-refractivity contribution is 5.77. The summed E-state index contributed by atoms with van der Waals surface area (Å²) in [6.07, 6.45) is 14.1. The first kappa shape index (κ1) is 19.9. The number of nitrogens with one attached hydrogen (secondary N) is 2. The molecule has 1 aromatic rings. The van der Waals surface area contributed by atoms with Crippen molar-refractivity contribution in [2.24, 2.45) is 17.8 Å². The SMILES string of the molecule is N#Cc1cccc(C2=CC3C=CNCC3C(NC3CCN(C(=O)CC4CC4)CC3)=C2)c1. The van der Waals surface area contributed by atoms with Gasteiger partial charge in [-0.3, -0.25) is 4.79 Å². The van der Waals surface area contributed by atoms with Crippen molar-refractivity contribution in [3.63, 3.8) is 0 Å². The Hall–Kier alpha value is -3.00. The second kappa shape index (κ2) is 8.63. The molecule has 2 aliphatic carbocycles. The smallest absolute Gasteiger partial charge is 0.222 e. The maximum Gasteiger partial charge on any atom is 0.222 e. The Balaban J connectivity index is 1.29. The lowest BCUT2D eigenvalue weighted by Crippen LogP contribution is -2.47. The number of rotatable bonds is 5. The maximum absolute atomic E-state index is 12.4. The quantitative estimate of drug-likeness (QED) is 0.773. The van der Waals surface area contributed by atoms with E-state index < -0.39 is 0 Å². The summed E-state index contributed by atoms with van der Waals surface area (Å²) in [5, 5.41) is 16.5. The third kappa shape index (κ3) is 4.54. The van der Waals surface area contributed by atoms with E-state index in [1.54, 1.807) is 0 Å². The maximum atomic E-state index is 12.4. The molecule has 4 aliphatic rings. The van der Waals surface area contributed by atoms with Gasteiger partial charge in [0.05, 0.1) is 11.6 Å². The first-order valence-electron chi connectivity index (χ1n) is 11.6. The molecule has 0 spiro atoms. The van der Waals surface area contributed by atoms with E-state index >= 15 is 0 Å². The molecular formula is C26H30N4O. The number of nitrogens with zero attached hydrogens (tertiary/aromatic N) is 2. The first-order valence-corrected chi connectivity index (χ1v) is 11.6. The minimum absolute atomic E-state index is 0.342. The number of nitriles is 1. The summed E-state index contributed by atoms with van der Waals surface area (Å²) in [6.45, 7) is 2.63. The minimum Gasteiger partial charge on any atom is -0.390 e. The molecule has 2 heterocycles. The van der Waals surface area contributed by atoms with Crippen molar-refractivity contribution >= 4 is 11.5 Å². The van der Waals surface area contributed by atoms with E-state index in [2.05, 4.69) is 45.9 Å². The lowest BCUT2D eigenvalue weighted by atomic mass is 9.79. The number of benzene rings is 1. The standard InChI is InChI=1S/C26H30N4O/c27-16-19-2-1-3-20(12-19)22-14-21-6-9-28-17-24(21)25(15-22)29-23-7-10-30(11-8-23)26(31)13-18-4-5-18/h1-3,6,9,12,14-15,18,21,23-24,28-29H,4-5,7-8,10-11,13,17H2. The summed E-state index contributed by atoms with van der Waals surface area (Å²) in [7, 11) is 0. The van der Waals surface area contributed by atoms with Crippen molar-refractivity contribution in [2.45, 2.75) is 38.1 Å². The van der Waals surface area contributed by atoms with Crippen molar-refractivity contribution in [3.05, 3.63) is 65.5 Å². The molecule has 160 valence electrons. The highest BCUT2D eigenvalue weighted by Crippen LogP contribution is 2.36. The molecule has 1 saturated heterocycles. The molecule has 1 amide bonds. The summed E-state index contributed by atoms with van der Waals surface area (Å²) in [5.74, 6) is 1.74. The molecule has 5 heteroatoms. The van der Waals surface area contributed by atoms with Gasteiger partial charge in [-0.25, -0.2) is 0 Å². The molecule has 2 fully saturated rings. The molecule has 5 nitrogen and oxygen atoms in total. The predicted molar refractivity (Wildman–Crippen MR) is 121 cm³/mol. The average Bonchev–Trinajstić information content (AvgIpc) is 3.63. The molecule has 1 saturated carbocycles. The normalized spacial score (nSPS) is 25.6. The summed E-state index contributed by atoms with van der Waals surface area (Å²) in [4.78, 5) is 14.5. The van der Waals surface area contributed by atoms with Crippen molar-refractivity contribution in [2.75, 3.05) is 19.6 Å². The molecule has 2 aliphatic heterocycles. The lowest BCUT2D eigenvalue weighted by molar-refractivity contribution is -0.132. The second-order valence-electron chi connectivity index (χ2n) is 9.31. The molecule has 0 bridgehead atoms. The Morgan fingerprint density at radius 3 is 2.84 bits per heavy atom. The molecule has 2 N–H and O–H groups in total. The molecule has 2 unspecified atom stereocenters. The Bertz CT molecular complexity index is 973. The highest BCUT2D eigenvalue weighted by Gasteiger charge is 2.32. The van der Waals surface area contributed by atoms with Crippen LogP contribution in [0, 0.1) is 29.1 Å². The predicted octanol–water partition coefficient (Wildman–Crippen LogP) is 3.57. The fourth-order valence-corrected chi connectivity index (χ4v) is 4.97. The summed E-state index contributed by atoms with van der Waals surface area (Å²) < 4.78 is 0. The lowest BCUT2D eigenvalue weighted by Gasteiger charge is -2.38. The van der Waals surface area contributed by atoms with Crippen molar-refractivity contribution in [1.82, 2.24) is 15.5 Å². The van der Waals surface area contributed by atoms with Crippen LogP contribution in [0.25, 0.3) is 5.57 Å². The molecule has 2 atom stereocenters. The van der Waals surface area contributed by atoms with Crippen LogP contribution in [0.5, 0.6) is 0 Å². The first-order chi connectivity index (χ1) is 15.2. The van der Waals surface area contributed by atoms with Crippen molar-refractivity contribution in [1.29, 1.82) is 5.26 Å². The number of amides is 1. The van der Waals surface area contributed by atoms with E-state index in [4.69, 9.17) is 0 Å². The van der Waals surface area contributed by atoms with Gasteiger partial charge >= 0.3 is 0 Å². The van der Waals surface area contributed by atoms with Crippen molar-refractivity contribution < 1.29 is 4.79 Å². The number of allylic oxidation sites excluding steroid dienone is 4. The summed E-state index contributed by atoms with van der Waals surface area (Å²) in [5.41, 5.74) is 4.21. The number of hydrogen-bond donors (Lipinski definition) is 2. The number of carbonyl (C=O) groups is 1. The number of piperidine rings is 1. The Morgan fingerprint density at radius 1 is 1.23 bits per heavy atom. The van der Waals surface area contributed by atoms with Gasteiger partial charge in [-0.1, -0.05) is 24.3 Å². The van der Waals surface area contributed by atoms with E-state index in [0.717, 1.165) is 44.5 Å². The molecule has 1 aromatic carbocycles. The van der Waals surface area contributed by atoms with Gasteiger partial charge in [-0.05, 0) is 67.1 Å². The van der Waals surface area contributed by atoms with Gasteiger partial charge in [-0.15, -0.1) is 0 Å². The molecular weight excluding hydrogens is 384 g/mol. The van der Waals surface area contributed by atoms with Crippen LogP contribution >= 0.6 is 0 Å². The van der Waals surface area contributed by atoms with Gasteiger partial charge in [0.2, 0.25) is 5.91 Å². The van der Waals surface area contributed by atoms with Gasteiger partial charge in [-0.2, -0.15) is 5.26 Å². The highest BCUT2D eigenvalue weighted by atomic mass is 16.2. The topological polar surface area (TPSA) is 68.2 Å². The summed E-state index contributed by atoms with van der Waals surface area (Å²) >= 11 is 0. The van der Waals surface area contributed by atoms with Crippen LogP contribution in [0.1, 0.15) is 43.2 Å². The number of likely N-dealkylation sites (tertiary alicyclic amines) is 1. The van der Waals surface area contributed by atoms with Crippen LogP contribution in [0.2, 0.25) is 0 Å². The van der Waals surface area contributed by atoms with E-state index in [1.165, 1.54) is 24.1 Å². The van der Waals surface area contributed by atoms with Gasteiger partial charge in [0, 0.05) is 49.6 Å². The van der Waals surface area contributed by atoms with Crippen LogP contribution < -0.4 is 10.6 Å². The van der Waals surface area contributed by atoms with Gasteiger partial charge in [0.15, 0.2) is 0 Å². The number of carbonyl (C=O) groups excluding carboxylic acids is 1. The summed E-state index contributed by atoms with van der Waals surface area (Å²) in [6, 6.07) is 10.5. The van der Waals surface area contributed by atoms with Crippen LogP contribution in [-0.2, 0) is 4.79 Å². The van der Waals surface area contributed by atoms with Crippen LogP contribution in [-0.4, -0.2) is 36.5 Å². The Kier molecular flexibility index (Phi) is 5.55. The van der Waals surface area contributed by atoms with E-state index in [-0.39, 0.29) is 0 Å². The van der Waals surface area contributed by atoms with Crippen LogP contribution in [0.15, 0.2) is 54.4 Å². The molecule has 0 radical (unpaired) electrons. The number of fused-ring (bicyclic) bond motifs is 1. The van der Waals surface area contributed by atoms with Crippen LogP contribution in [0.4, 0.5) is 0 Å². The Labute approximate surface area is 184 Å². The molecule has 5 rings (SSSR count). The monoisotopic (exact) mass is 414 g/mol.